The summed E-state index contributed by atoms with van der Waals surface area (Å²) in [6, 6.07) is 6.20. The molecule has 0 radical (unpaired) electrons. The van der Waals surface area contributed by atoms with Gasteiger partial charge < -0.3 is 19.7 Å². The minimum Gasteiger partial charge on any atom is -0.633 e. The number of rotatable bonds is 1. The Hall–Kier alpha value is -1.10. The average Bonchev–Trinajstić information content (AvgIpc) is 2.80. The summed E-state index contributed by atoms with van der Waals surface area (Å²) < 4.78 is 5.10. The molecule has 2 fully saturated rings. The van der Waals surface area contributed by atoms with Gasteiger partial charge in [-0.05, 0) is 55.4 Å². The van der Waals surface area contributed by atoms with E-state index in [9.17, 15) is 10.3 Å². The van der Waals surface area contributed by atoms with Gasteiger partial charge in [0.15, 0.2) is 0 Å². The highest BCUT2D eigenvalue weighted by Gasteiger charge is 2.60. The monoisotopic (exact) mass is 317 g/mol. The van der Waals surface area contributed by atoms with Crippen molar-refractivity contribution in [1.29, 1.82) is 0 Å². The first-order valence-corrected chi connectivity index (χ1v) is 8.78. The third-order valence-electron chi connectivity index (χ3n) is 6.94. The number of hydrogen-bond donors (Lipinski definition) is 1. The lowest BCUT2D eigenvalue weighted by Gasteiger charge is -2.61. The Morgan fingerprint density at radius 2 is 2.09 bits per heavy atom. The Kier molecular flexibility index (Phi) is 3.32. The van der Waals surface area contributed by atoms with Crippen molar-refractivity contribution in [2.45, 2.75) is 44.8 Å². The number of ether oxygens (including phenoxy) is 1. The lowest BCUT2D eigenvalue weighted by atomic mass is 9.61. The molecule has 1 aromatic rings. The van der Waals surface area contributed by atoms with Crippen LogP contribution in [0.2, 0.25) is 0 Å². The normalized spacial score (nSPS) is 45.1. The van der Waals surface area contributed by atoms with Crippen molar-refractivity contribution in [3.8, 4) is 5.75 Å². The Labute approximate surface area is 138 Å². The van der Waals surface area contributed by atoms with E-state index in [0.717, 1.165) is 31.4 Å². The predicted octanol–water partition coefficient (Wildman–Crippen LogP) is 3.03. The second kappa shape index (κ2) is 4.95. The van der Waals surface area contributed by atoms with E-state index in [1.54, 1.807) is 7.11 Å². The van der Waals surface area contributed by atoms with E-state index in [4.69, 9.17) is 4.74 Å². The third kappa shape index (κ3) is 2.08. The van der Waals surface area contributed by atoms with E-state index in [2.05, 4.69) is 19.1 Å². The summed E-state index contributed by atoms with van der Waals surface area (Å²) in [6.07, 6.45) is 3.64. The fourth-order valence-corrected chi connectivity index (χ4v) is 5.99. The van der Waals surface area contributed by atoms with Crippen LogP contribution in [0.15, 0.2) is 18.2 Å². The first-order chi connectivity index (χ1) is 10.9. The summed E-state index contributed by atoms with van der Waals surface area (Å²) in [5.74, 6) is 1.73. The van der Waals surface area contributed by atoms with Gasteiger partial charge in [0.1, 0.15) is 11.8 Å². The fraction of sp³-hybridized carbons (Fsp3) is 0.684. The number of benzene rings is 1. The summed E-state index contributed by atoms with van der Waals surface area (Å²) in [5, 5.41) is 24.0. The molecule has 0 amide bonds. The predicted molar refractivity (Wildman–Crippen MR) is 88.8 cm³/mol. The Balaban J connectivity index is 1.79. The minimum atomic E-state index is -0.322. The third-order valence-corrected chi connectivity index (χ3v) is 6.94. The zero-order chi connectivity index (χ0) is 16.4. The van der Waals surface area contributed by atoms with Gasteiger partial charge in [-0.15, -0.1) is 0 Å². The maximum absolute atomic E-state index is 13.5. The van der Waals surface area contributed by atoms with E-state index in [1.165, 1.54) is 11.1 Å². The van der Waals surface area contributed by atoms with Crippen LogP contribution in [-0.2, 0) is 6.42 Å². The van der Waals surface area contributed by atoms with Gasteiger partial charge in [0.2, 0.25) is 0 Å². The quantitative estimate of drug-likeness (QED) is 0.640. The zero-order valence-electron chi connectivity index (χ0n) is 14.3. The van der Waals surface area contributed by atoms with Crippen LogP contribution in [0, 0.1) is 22.5 Å². The van der Waals surface area contributed by atoms with Crippen LogP contribution in [0.1, 0.15) is 43.4 Å². The Morgan fingerprint density at radius 3 is 2.83 bits per heavy atom. The van der Waals surface area contributed by atoms with Crippen LogP contribution in [-0.4, -0.2) is 36.6 Å². The minimum absolute atomic E-state index is 0.00744. The number of piperidine rings is 1. The fourth-order valence-electron chi connectivity index (χ4n) is 5.99. The van der Waals surface area contributed by atoms with Gasteiger partial charge in [-0.25, -0.2) is 0 Å². The molecule has 3 aliphatic rings. The molecule has 0 aromatic heterocycles. The van der Waals surface area contributed by atoms with Crippen molar-refractivity contribution in [1.82, 2.24) is 0 Å². The second-order valence-electron chi connectivity index (χ2n) is 8.25. The standard InChI is InChI=1S/C19H27NO3/c1-19-11-20(2,22)18-14-7-5-13(23-3)10-12(14)4-6-15(18)16(19)8-9-17(19)21/h5,7,10,15-18,21H,4,6,8-9,11H2,1-3H3. The molecule has 23 heavy (non-hydrogen) atoms. The molecule has 2 aliphatic carbocycles. The second-order valence-corrected chi connectivity index (χ2v) is 8.25. The number of hydrogen-bond acceptors (Lipinski definition) is 3. The number of aryl methyl sites for hydroxylation is 1. The smallest absolute Gasteiger partial charge is 0.119 e. The maximum Gasteiger partial charge on any atom is 0.119 e. The van der Waals surface area contributed by atoms with Crippen LogP contribution < -0.4 is 4.74 Å². The van der Waals surface area contributed by atoms with Crippen molar-refractivity contribution in [3.05, 3.63) is 34.5 Å². The van der Waals surface area contributed by atoms with Gasteiger partial charge in [-0.3, -0.25) is 0 Å². The van der Waals surface area contributed by atoms with Gasteiger partial charge in [0.25, 0.3) is 0 Å². The summed E-state index contributed by atoms with van der Waals surface area (Å²) in [6.45, 7) is 2.66. The van der Waals surface area contributed by atoms with E-state index < -0.39 is 0 Å². The number of methoxy groups -OCH3 is 1. The first kappa shape index (κ1) is 15.4. The molecule has 1 aromatic carbocycles. The molecule has 0 bridgehead atoms. The van der Waals surface area contributed by atoms with Crippen molar-refractivity contribution < 1.29 is 14.5 Å². The number of likely N-dealkylation sites (tertiary alicyclic amines) is 1. The van der Waals surface area contributed by atoms with E-state index in [1.807, 2.05) is 13.1 Å². The molecule has 126 valence electrons. The SMILES string of the molecule is COc1ccc2c(c1)CCC1C3CCC(O)C3(C)C[N+](C)([O-])C21. The summed E-state index contributed by atoms with van der Waals surface area (Å²) in [7, 11) is 3.50. The number of fused-ring (bicyclic) bond motifs is 5. The highest BCUT2D eigenvalue weighted by Crippen LogP contribution is 2.60. The molecule has 1 heterocycles. The van der Waals surface area contributed by atoms with E-state index >= 15 is 0 Å². The van der Waals surface area contributed by atoms with Crippen LogP contribution in [0.25, 0.3) is 0 Å². The lowest BCUT2D eigenvalue weighted by molar-refractivity contribution is -0.913. The molecule has 6 atom stereocenters. The van der Waals surface area contributed by atoms with Gasteiger partial charge >= 0.3 is 0 Å². The van der Waals surface area contributed by atoms with E-state index in [0.29, 0.717) is 18.4 Å². The molecule has 0 spiro atoms. The van der Waals surface area contributed by atoms with Gasteiger partial charge in [-0.2, -0.15) is 0 Å². The van der Waals surface area contributed by atoms with Crippen molar-refractivity contribution in [3.63, 3.8) is 0 Å². The molecule has 6 unspecified atom stereocenters. The van der Waals surface area contributed by atoms with Crippen LogP contribution in [0.5, 0.6) is 5.75 Å². The van der Waals surface area contributed by atoms with Crippen molar-refractivity contribution in [2.24, 2.45) is 17.3 Å². The summed E-state index contributed by atoms with van der Waals surface area (Å²) in [5.41, 5.74) is 2.26. The van der Waals surface area contributed by atoms with Gasteiger partial charge in [-0.1, -0.05) is 6.92 Å². The van der Waals surface area contributed by atoms with Gasteiger partial charge in [0.05, 0.1) is 26.8 Å². The summed E-state index contributed by atoms with van der Waals surface area (Å²) >= 11 is 0. The molecular weight excluding hydrogens is 290 g/mol. The molecule has 4 rings (SSSR count). The number of nitrogens with zero attached hydrogens (tertiary/aromatic N) is 1. The van der Waals surface area contributed by atoms with Gasteiger partial charge in [0, 0.05) is 16.9 Å². The largest absolute Gasteiger partial charge is 0.633 e. The molecular formula is C19H27NO3. The zero-order valence-corrected chi connectivity index (χ0v) is 14.3. The number of aliphatic hydroxyl groups is 1. The maximum atomic E-state index is 13.5. The average molecular weight is 317 g/mol. The highest BCUT2D eigenvalue weighted by atomic mass is 16.5. The summed E-state index contributed by atoms with van der Waals surface area (Å²) in [4.78, 5) is 0. The first-order valence-electron chi connectivity index (χ1n) is 8.78. The Morgan fingerprint density at radius 1 is 1.30 bits per heavy atom. The number of aliphatic hydroxyl groups excluding tert-OH is 1. The van der Waals surface area contributed by atoms with E-state index in [-0.39, 0.29) is 22.2 Å². The topological polar surface area (TPSA) is 52.5 Å². The van der Waals surface area contributed by atoms with Crippen LogP contribution >= 0.6 is 0 Å². The lowest BCUT2D eigenvalue weighted by Crippen LogP contribution is -2.61. The number of quaternary nitrogens is 1. The van der Waals surface area contributed by atoms with Crippen molar-refractivity contribution in [2.75, 3.05) is 20.7 Å². The highest BCUT2D eigenvalue weighted by molar-refractivity contribution is 5.39. The molecule has 1 aliphatic heterocycles. The molecule has 4 nitrogen and oxygen atoms in total. The molecule has 1 saturated carbocycles. The van der Waals surface area contributed by atoms with Crippen molar-refractivity contribution >= 4 is 0 Å². The van der Waals surface area contributed by atoms with Crippen LogP contribution in [0.4, 0.5) is 0 Å². The Bertz CT molecular complexity index is 629. The van der Waals surface area contributed by atoms with Crippen LogP contribution in [0.3, 0.4) is 0 Å². The molecule has 4 heteroatoms. The number of hydroxylamine groups is 3. The molecule has 1 N–H and O–H groups in total. The molecule has 1 saturated heterocycles.